The van der Waals surface area contributed by atoms with E-state index >= 15 is 0 Å². The van der Waals surface area contributed by atoms with Crippen LogP contribution in [-0.2, 0) is 16.1 Å². The zero-order chi connectivity index (χ0) is 16.1. The molecule has 1 aromatic carbocycles. The number of aliphatic carboxylic acids is 1. The Morgan fingerprint density at radius 2 is 1.86 bits per heavy atom. The largest absolute Gasteiger partial charge is 0.481 e. The molecule has 1 fully saturated rings. The molecule has 0 unspecified atom stereocenters. The average molecular weight is 305 g/mol. The molecule has 6 nitrogen and oxygen atoms in total. The first-order chi connectivity index (χ1) is 10.5. The Kier molecular flexibility index (Phi) is 5.16. The second-order valence-electron chi connectivity index (χ2n) is 5.31. The van der Waals surface area contributed by atoms with Crippen molar-refractivity contribution in [3.05, 3.63) is 48.0 Å². The number of benzene rings is 1. The summed E-state index contributed by atoms with van der Waals surface area (Å²) in [5, 5.41) is 18.4. The van der Waals surface area contributed by atoms with E-state index in [9.17, 15) is 14.7 Å². The fourth-order valence-electron chi connectivity index (χ4n) is 2.54. The normalized spacial score (nSPS) is 20.7. The Balaban J connectivity index is 1.96. The molecule has 1 amide bonds. The molecule has 1 aromatic rings. The topological polar surface area (TPSA) is 87.1 Å². The van der Waals surface area contributed by atoms with Crippen molar-refractivity contribution in [2.75, 3.05) is 19.7 Å². The lowest BCUT2D eigenvalue weighted by Gasteiger charge is -2.16. The second kappa shape index (κ2) is 7.09. The van der Waals surface area contributed by atoms with Crippen LogP contribution < -0.4 is 0 Å². The molecule has 2 rings (SSSR count). The van der Waals surface area contributed by atoms with Crippen molar-refractivity contribution in [3.63, 3.8) is 0 Å². The number of aliphatic hydroxyl groups excluding tert-OH is 1. The molecule has 0 spiro atoms. The minimum Gasteiger partial charge on any atom is -0.481 e. The van der Waals surface area contributed by atoms with Gasteiger partial charge in [0.15, 0.2) is 0 Å². The van der Waals surface area contributed by atoms with E-state index < -0.39 is 23.9 Å². The van der Waals surface area contributed by atoms with Crippen molar-refractivity contribution in [3.8, 4) is 0 Å². The molecule has 2 atom stereocenters. The van der Waals surface area contributed by atoms with Crippen molar-refractivity contribution in [2.24, 2.45) is 11.8 Å². The highest BCUT2D eigenvalue weighted by Crippen LogP contribution is 2.29. The van der Waals surface area contributed by atoms with E-state index in [1.165, 1.54) is 4.90 Å². The van der Waals surface area contributed by atoms with Crippen molar-refractivity contribution in [1.82, 2.24) is 4.90 Å². The smallest absolute Gasteiger partial charge is 0.410 e. The fourth-order valence-corrected chi connectivity index (χ4v) is 2.54. The molecule has 1 aliphatic rings. The number of carbonyl (C=O) groups excluding carboxylic acids is 1. The minimum atomic E-state index is -1.00. The summed E-state index contributed by atoms with van der Waals surface area (Å²) in [5.74, 6) is -2.21. The van der Waals surface area contributed by atoms with Gasteiger partial charge in [-0.25, -0.2) is 4.79 Å². The number of carboxylic acids is 1. The van der Waals surface area contributed by atoms with Gasteiger partial charge in [-0.15, -0.1) is 0 Å². The van der Waals surface area contributed by atoms with Gasteiger partial charge in [-0.3, -0.25) is 4.79 Å². The van der Waals surface area contributed by atoms with Crippen LogP contribution in [0, 0.1) is 11.8 Å². The number of carboxylic acid groups (broad SMARTS) is 1. The lowest BCUT2D eigenvalue weighted by molar-refractivity contribution is -0.142. The van der Waals surface area contributed by atoms with E-state index in [1.807, 2.05) is 30.3 Å². The molecule has 0 bridgehead atoms. The van der Waals surface area contributed by atoms with Crippen LogP contribution in [0.3, 0.4) is 0 Å². The number of amides is 1. The average Bonchev–Trinajstić information content (AvgIpc) is 2.98. The van der Waals surface area contributed by atoms with Crippen LogP contribution >= 0.6 is 0 Å². The number of nitrogens with zero attached hydrogens (tertiary/aromatic N) is 1. The summed E-state index contributed by atoms with van der Waals surface area (Å²) in [6.45, 7) is 3.79. The summed E-state index contributed by atoms with van der Waals surface area (Å²) >= 11 is 0. The molecule has 6 heteroatoms. The molecule has 1 aliphatic heterocycles. The Hall–Kier alpha value is -2.34. The van der Waals surface area contributed by atoms with Crippen molar-refractivity contribution < 1.29 is 24.5 Å². The molecule has 0 aliphatic carbocycles. The van der Waals surface area contributed by atoms with E-state index in [1.54, 1.807) is 0 Å². The van der Waals surface area contributed by atoms with Crippen LogP contribution in [-0.4, -0.2) is 46.9 Å². The maximum Gasteiger partial charge on any atom is 0.410 e. The van der Waals surface area contributed by atoms with Crippen LogP contribution in [0.1, 0.15) is 5.56 Å². The molecule has 1 saturated heterocycles. The number of aliphatic hydroxyl groups is 1. The zero-order valence-corrected chi connectivity index (χ0v) is 12.1. The van der Waals surface area contributed by atoms with Crippen molar-refractivity contribution in [1.29, 1.82) is 0 Å². The van der Waals surface area contributed by atoms with Crippen LogP contribution in [0.4, 0.5) is 4.79 Å². The zero-order valence-electron chi connectivity index (χ0n) is 12.1. The summed E-state index contributed by atoms with van der Waals surface area (Å²) in [4.78, 5) is 24.7. The van der Waals surface area contributed by atoms with Gasteiger partial charge in [0, 0.05) is 19.0 Å². The Bertz CT molecular complexity index is 557. The summed E-state index contributed by atoms with van der Waals surface area (Å²) in [6.07, 6.45) is -0.552. The van der Waals surface area contributed by atoms with Crippen molar-refractivity contribution in [2.45, 2.75) is 6.61 Å². The molecular formula is C16H19NO5. The number of ether oxygens (including phenoxy) is 1. The SMILES string of the molecule is C=C(CO)[C@@H]1CN(C(=O)OCc2ccccc2)C[C@H]1C(=O)O. The summed E-state index contributed by atoms with van der Waals surface area (Å²) in [5.41, 5.74) is 1.28. The van der Waals surface area contributed by atoms with Gasteiger partial charge in [0.05, 0.1) is 12.5 Å². The number of rotatable bonds is 5. The Morgan fingerprint density at radius 3 is 2.45 bits per heavy atom. The molecule has 0 saturated carbocycles. The third-order valence-electron chi connectivity index (χ3n) is 3.83. The van der Waals surface area contributed by atoms with Gasteiger partial charge in [0.1, 0.15) is 6.61 Å². The standard InChI is InChI=1S/C16H19NO5/c1-11(9-18)13-7-17(8-14(13)15(19)20)16(21)22-10-12-5-3-2-4-6-12/h2-6,13-14,18H,1,7-10H2,(H,19,20)/t13-,14+/m0/s1. The Labute approximate surface area is 128 Å². The number of likely N-dealkylation sites (tertiary alicyclic amines) is 1. The number of carbonyl (C=O) groups is 2. The Morgan fingerprint density at radius 1 is 1.23 bits per heavy atom. The van der Waals surface area contributed by atoms with Gasteiger partial charge in [-0.2, -0.15) is 0 Å². The first-order valence-electron chi connectivity index (χ1n) is 7.00. The predicted molar refractivity (Wildman–Crippen MR) is 79.0 cm³/mol. The van der Waals surface area contributed by atoms with Gasteiger partial charge in [-0.05, 0) is 11.1 Å². The van der Waals surface area contributed by atoms with Gasteiger partial charge >= 0.3 is 12.1 Å². The summed E-state index contributed by atoms with van der Waals surface area (Å²) < 4.78 is 5.20. The maximum absolute atomic E-state index is 12.1. The van der Waals surface area contributed by atoms with Gasteiger partial charge in [0.2, 0.25) is 0 Å². The third-order valence-corrected chi connectivity index (χ3v) is 3.83. The van der Waals surface area contributed by atoms with Crippen LogP contribution in [0.25, 0.3) is 0 Å². The highest BCUT2D eigenvalue weighted by Gasteiger charge is 2.41. The lowest BCUT2D eigenvalue weighted by Crippen LogP contribution is -2.30. The molecular weight excluding hydrogens is 286 g/mol. The van der Waals surface area contributed by atoms with Crippen LogP contribution in [0.5, 0.6) is 0 Å². The first-order valence-corrected chi connectivity index (χ1v) is 7.00. The molecule has 1 heterocycles. The monoisotopic (exact) mass is 305 g/mol. The summed E-state index contributed by atoms with van der Waals surface area (Å²) in [6, 6.07) is 9.25. The maximum atomic E-state index is 12.1. The van der Waals surface area contributed by atoms with Crippen LogP contribution in [0.15, 0.2) is 42.5 Å². The molecule has 0 radical (unpaired) electrons. The van der Waals surface area contributed by atoms with E-state index in [0.29, 0.717) is 5.57 Å². The van der Waals surface area contributed by atoms with Gasteiger partial charge in [0.25, 0.3) is 0 Å². The molecule has 22 heavy (non-hydrogen) atoms. The molecule has 2 N–H and O–H groups in total. The molecule has 0 aromatic heterocycles. The number of hydrogen-bond acceptors (Lipinski definition) is 4. The minimum absolute atomic E-state index is 0.0621. The summed E-state index contributed by atoms with van der Waals surface area (Å²) in [7, 11) is 0. The second-order valence-corrected chi connectivity index (χ2v) is 5.31. The third kappa shape index (κ3) is 3.65. The van der Waals surface area contributed by atoms with Gasteiger partial charge < -0.3 is 19.8 Å². The lowest BCUT2D eigenvalue weighted by atomic mass is 9.90. The van der Waals surface area contributed by atoms with Crippen molar-refractivity contribution >= 4 is 12.1 Å². The highest BCUT2D eigenvalue weighted by molar-refractivity contribution is 5.75. The van der Waals surface area contributed by atoms with E-state index in [0.717, 1.165) is 5.56 Å². The van der Waals surface area contributed by atoms with Crippen LogP contribution in [0.2, 0.25) is 0 Å². The molecule has 118 valence electrons. The van der Waals surface area contributed by atoms with E-state index in [2.05, 4.69) is 6.58 Å². The quantitative estimate of drug-likeness (QED) is 0.805. The van der Waals surface area contributed by atoms with Gasteiger partial charge in [-0.1, -0.05) is 36.9 Å². The highest BCUT2D eigenvalue weighted by atomic mass is 16.6. The number of hydrogen-bond donors (Lipinski definition) is 2. The van der Waals surface area contributed by atoms with E-state index in [-0.39, 0.29) is 26.3 Å². The fraction of sp³-hybridized carbons (Fsp3) is 0.375. The first kappa shape index (κ1) is 16.0. The predicted octanol–water partition coefficient (Wildman–Crippen LogP) is 1.50. The van der Waals surface area contributed by atoms with E-state index in [4.69, 9.17) is 9.84 Å².